The van der Waals surface area contributed by atoms with Crippen molar-refractivity contribution in [2.75, 3.05) is 6.54 Å². The highest BCUT2D eigenvalue weighted by Gasteiger charge is 2.13. The molecule has 1 fully saturated rings. The van der Waals surface area contributed by atoms with Gasteiger partial charge in [0, 0.05) is 18.4 Å². The third-order valence-corrected chi connectivity index (χ3v) is 3.03. The minimum atomic E-state index is 0.673. The van der Waals surface area contributed by atoms with Crippen molar-refractivity contribution in [3.8, 4) is 0 Å². The summed E-state index contributed by atoms with van der Waals surface area (Å²) in [6, 6.07) is 2.77. The number of piperidine rings is 1. The predicted octanol–water partition coefficient (Wildman–Crippen LogP) is 2.07. The smallest absolute Gasteiger partial charge is 0.0303 e. The second kappa shape index (κ2) is 4.56. The number of hydrogen-bond donors (Lipinski definition) is 1. The Morgan fingerprint density at radius 2 is 2.43 bits per heavy atom. The fraction of sp³-hybridized carbons (Fsp3) is 0.583. The van der Waals surface area contributed by atoms with Crippen LogP contribution in [0.5, 0.6) is 0 Å². The quantitative estimate of drug-likeness (QED) is 0.772. The number of hydrogen-bond acceptors (Lipinski definition) is 2. The van der Waals surface area contributed by atoms with Crippen molar-refractivity contribution in [1.82, 2.24) is 10.3 Å². The molecule has 2 rings (SSSR count). The molecule has 1 atom stereocenters. The van der Waals surface area contributed by atoms with Gasteiger partial charge in [0.2, 0.25) is 0 Å². The van der Waals surface area contributed by atoms with E-state index in [2.05, 4.69) is 23.3 Å². The van der Waals surface area contributed by atoms with E-state index < -0.39 is 0 Å². The van der Waals surface area contributed by atoms with Crippen molar-refractivity contribution >= 4 is 0 Å². The fourth-order valence-corrected chi connectivity index (χ4v) is 2.07. The van der Waals surface area contributed by atoms with Gasteiger partial charge in [0.25, 0.3) is 0 Å². The van der Waals surface area contributed by atoms with Crippen LogP contribution in [0.25, 0.3) is 0 Å². The molecule has 1 N–H and O–H groups in total. The zero-order valence-corrected chi connectivity index (χ0v) is 8.79. The van der Waals surface area contributed by atoms with Crippen LogP contribution in [-0.2, 0) is 6.42 Å². The molecule has 2 heteroatoms. The van der Waals surface area contributed by atoms with Crippen LogP contribution < -0.4 is 5.32 Å². The molecule has 2 nitrogen and oxygen atoms in total. The van der Waals surface area contributed by atoms with Crippen molar-refractivity contribution in [1.29, 1.82) is 0 Å². The molecule has 1 aliphatic heterocycles. The summed E-state index contributed by atoms with van der Waals surface area (Å²) in [4.78, 5) is 4.18. The summed E-state index contributed by atoms with van der Waals surface area (Å²) in [5.74, 6) is 0. The average Bonchev–Trinajstić information content (AvgIpc) is 2.23. The highest BCUT2D eigenvalue weighted by Crippen LogP contribution is 2.14. The van der Waals surface area contributed by atoms with Crippen LogP contribution in [0.2, 0.25) is 0 Å². The SMILES string of the molecule is Cc1ccncc1CC1CCCCN1. The van der Waals surface area contributed by atoms with Gasteiger partial charge in [-0.1, -0.05) is 6.42 Å². The summed E-state index contributed by atoms with van der Waals surface area (Å²) in [6.45, 7) is 3.35. The van der Waals surface area contributed by atoms with Crippen LogP contribution in [0.4, 0.5) is 0 Å². The monoisotopic (exact) mass is 190 g/mol. The van der Waals surface area contributed by atoms with E-state index >= 15 is 0 Å². The van der Waals surface area contributed by atoms with E-state index in [-0.39, 0.29) is 0 Å². The first kappa shape index (κ1) is 9.66. The number of pyridine rings is 1. The van der Waals surface area contributed by atoms with Crippen LogP contribution in [0.15, 0.2) is 18.5 Å². The normalized spacial score (nSPS) is 22.2. The lowest BCUT2D eigenvalue weighted by molar-refractivity contribution is 0.399. The second-order valence-corrected chi connectivity index (χ2v) is 4.15. The largest absolute Gasteiger partial charge is 0.314 e. The molecule has 0 spiro atoms. The summed E-state index contributed by atoms with van der Waals surface area (Å²) in [7, 11) is 0. The molecule has 1 saturated heterocycles. The molecule has 0 bridgehead atoms. The van der Waals surface area contributed by atoms with E-state index in [0.717, 1.165) is 6.42 Å². The first-order valence-electron chi connectivity index (χ1n) is 5.49. The maximum Gasteiger partial charge on any atom is 0.0303 e. The van der Waals surface area contributed by atoms with Gasteiger partial charge in [-0.2, -0.15) is 0 Å². The van der Waals surface area contributed by atoms with Crippen molar-refractivity contribution in [2.45, 2.75) is 38.6 Å². The number of rotatable bonds is 2. The van der Waals surface area contributed by atoms with Gasteiger partial charge in [-0.25, -0.2) is 0 Å². The molecule has 1 aromatic heterocycles. The fourth-order valence-electron chi connectivity index (χ4n) is 2.07. The number of aryl methyl sites for hydroxylation is 1. The van der Waals surface area contributed by atoms with E-state index in [1.54, 1.807) is 0 Å². The highest BCUT2D eigenvalue weighted by molar-refractivity contribution is 5.22. The lowest BCUT2D eigenvalue weighted by Crippen LogP contribution is -2.35. The third-order valence-electron chi connectivity index (χ3n) is 3.03. The van der Waals surface area contributed by atoms with Gasteiger partial charge in [-0.3, -0.25) is 4.98 Å². The number of nitrogens with one attached hydrogen (secondary N) is 1. The second-order valence-electron chi connectivity index (χ2n) is 4.15. The Morgan fingerprint density at radius 1 is 1.50 bits per heavy atom. The standard InChI is InChI=1S/C12H18N2/c1-10-5-7-13-9-11(10)8-12-4-2-3-6-14-12/h5,7,9,12,14H,2-4,6,8H2,1H3. The number of aromatic nitrogens is 1. The molecule has 76 valence electrons. The zero-order chi connectivity index (χ0) is 9.80. The van der Waals surface area contributed by atoms with E-state index in [0.29, 0.717) is 6.04 Å². The van der Waals surface area contributed by atoms with E-state index in [9.17, 15) is 0 Å². The van der Waals surface area contributed by atoms with Crippen LogP contribution in [-0.4, -0.2) is 17.6 Å². The van der Waals surface area contributed by atoms with E-state index in [1.807, 2.05) is 12.4 Å². The lowest BCUT2D eigenvalue weighted by atomic mass is 9.97. The molecule has 1 aromatic rings. The lowest BCUT2D eigenvalue weighted by Gasteiger charge is -2.23. The Labute approximate surface area is 85.7 Å². The van der Waals surface area contributed by atoms with Gasteiger partial charge in [0.05, 0.1) is 0 Å². The average molecular weight is 190 g/mol. The first-order chi connectivity index (χ1) is 6.86. The van der Waals surface area contributed by atoms with E-state index in [1.165, 1.54) is 36.9 Å². The molecule has 1 unspecified atom stereocenters. The van der Waals surface area contributed by atoms with Crippen molar-refractivity contribution in [3.05, 3.63) is 29.6 Å². The molecular formula is C12H18N2. The minimum absolute atomic E-state index is 0.673. The Hall–Kier alpha value is -0.890. The predicted molar refractivity (Wildman–Crippen MR) is 58.3 cm³/mol. The van der Waals surface area contributed by atoms with Crippen molar-refractivity contribution in [2.24, 2.45) is 0 Å². The number of nitrogens with zero attached hydrogens (tertiary/aromatic N) is 1. The molecule has 1 aliphatic rings. The maximum atomic E-state index is 4.18. The van der Waals surface area contributed by atoms with Gasteiger partial charge in [-0.15, -0.1) is 0 Å². The van der Waals surface area contributed by atoms with Gasteiger partial charge < -0.3 is 5.32 Å². The Bertz CT molecular complexity index is 290. The Balaban J connectivity index is 1.99. The van der Waals surface area contributed by atoms with Gasteiger partial charge in [0.15, 0.2) is 0 Å². The van der Waals surface area contributed by atoms with Crippen molar-refractivity contribution < 1.29 is 0 Å². The summed E-state index contributed by atoms with van der Waals surface area (Å²) in [5, 5.41) is 3.57. The third kappa shape index (κ3) is 2.32. The topological polar surface area (TPSA) is 24.9 Å². The van der Waals surface area contributed by atoms with Crippen LogP contribution >= 0.6 is 0 Å². The van der Waals surface area contributed by atoms with Gasteiger partial charge in [0.1, 0.15) is 0 Å². The summed E-state index contributed by atoms with van der Waals surface area (Å²) in [5.41, 5.74) is 2.76. The van der Waals surface area contributed by atoms with Crippen LogP contribution in [0.3, 0.4) is 0 Å². The first-order valence-corrected chi connectivity index (χ1v) is 5.49. The summed E-state index contributed by atoms with van der Waals surface area (Å²) >= 11 is 0. The molecular weight excluding hydrogens is 172 g/mol. The molecule has 14 heavy (non-hydrogen) atoms. The van der Waals surface area contributed by atoms with Crippen LogP contribution in [0, 0.1) is 6.92 Å². The Kier molecular flexibility index (Phi) is 3.14. The van der Waals surface area contributed by atoms with Crippen molar-refractivity contribution in [3.63, 3.8) is 0 Å². The summed E-state index contributed by atoms with van der Waals surface area (Å²) in [6.07, 6.45) is 9.03. The minimum Gasteiger partial charge on any atom is -0.314 e. The zero-order valence-electron chi connectivity index (χ0n) is 8.79. The van der Waals surface area contributed by atoms with Gasteiger partial charge >= 0.3 is 0 Å². The molecule has 2 heterocycles. The molecule has 0 aliphatic carbocycles. The van der Waals surface area contributed by atoms with Gasteiger partial charge in [-0.05, 0) is 49.9 Å². The summed E-state index contributed by atoms with van der Waals surface area (Å²) < 4.78 is 0. The molecule has 0 radical (unpaired) electrons. The Morgan fingerprint density at radius 3 is 3.14 bits per heavy atom. The van der Waals surface area contributed by atoms with Crippen LogP contribution in [0.1, 0.15) is 30.4 Å². The maximum absolute atomic E-state index is 4.18. The molecule has 0 aromatic carbocycles. The highest BCUT2D eigenvalue weighted by atomic mass is 14.9. The molecule has 0 amide bonds. The molecule has 0 saturated carbocycles. The van der Waals surface area contributed by atoms with E-state index in [4.69, 9.17) is 0 Å².